The van der Waals surface area contributed by atoms with E-state index in [1.807, 2.05) is 0 Å². The molecule has 0 heterocycles. The zero-order valence-electron chi connectivity index (χ0n) is 9.95. The highest BCUT2D eigenvalue weighted by Gasteiger charge is 2.08. The van der Waals surface area contributed by atoms with Gasteiger partial charge in [0.25, 0.3) is 5.91 Å². The van der Waals surface area contributed by atoms with Crippen LogP contribution in [0.5, 0.6) is 5.75 Å². The molecule has 1 atom stereocenters. The van der Waals surface area contributed by atoms with E-state index < -0.39 is 5.82 Å². The third-order valence-electron chi connectivity index (χ3n) is 2.21. The Morgan fingerprint density at radius 1 is 1.61 bits per heavy atom. The molecule has 0 radical (unpaired) electrons. The van der Waals surface area contributed by atoms with E-state index >= 15 is 0 Å². The fraction of sp³-hybridized carbons (Fsp3) is 0.417. The van der Waals surface area contributed by atoms with Crippen LogP contribution in [0, 0.1) is 11.7 Å². The van der Waals surface area contributed by atoms with E-state index in [2.05, 4.69) is 21.2 Å². The lowest BCUT2D eigenvalue weighted by molar-refractivity contribution is -0.123. The van der Waals surface area contributed by atoms with Crippen LogP contribution in [0.3, 0.4) is 0 Å². The summed E-state index contributed by atoms with van der Waals surface area (Å²) in [5, 5.41) is 11.4. The molecule has 0 saturated carbocycles. The van der Waals surface area contributed by atoms with Gasteiger partial charge in [-0.1, -0.05) is 22.9 Å². The van der Waals surface area contributed by atoms with Gasteiger partial charge in [0.15, 0.2) is 18.2 Å². The molecule has 0 saturated heterocycles. The highest BCUT2D eigenvalue weighted by atomic mass is 79.9. The second kappa shape index (κ2) is 7.33. The van der Waals surface area contributed by atoms with Crippen LogP contribution in [0.4, 0.5) is 4.39 Å². The van der Waals surface area contributed by atoms with E-state index in [0.29, 0.717) is 11.0 Å². The number of aliphatic hydroxyl groups is 1. The number of ether oxygens (including phenoxy) is 1. The van der Waals surface area contributed by atoms with Crippen molar-refractivity contribution in [2.75, 3.05) is 19.8 Å². The maximum atomic E-state index is 13.3. The number of hydrogen-bond acceptors (Lipinski definition) is 3. The number of aliphatic hydroxyl groups excluding tert-OH is 1. The Bertz CT molecular complexity index is 414. The minimum Gasteiger partial charge on any atom is -0.481 e. The Kier molecular flexibility index (Phi) is 6.07. The Hall–Kier alpha value is -1.14. The largest absolute Gasteiger partial charge is 0.481 e. The summed E-state index contributed by atoms with van der Waals surface area (Å²) in [4.78, 5) is 11.4. The summed E-state index contributed by atoms with van der Waals surface area (Å²) in [6, 6.07) is 4.34. The lowest BCUT2D eigenvalue weighted by Gasteiger charge is -2.10. The summed E-state index contributed by atoms with van der Waals surface area (Å²) < 4.78 is 19.0. The summed E-state index contributed by atoms with van der Waals surface area (Å²) in [7, 11) is 0. The van der Waals surface area contributed by atoms with Crippen molar-refractivity contribution in [3.63, 3.8) is 0 Å². The number of carbonyl (C=O) groups excluding carboxylic acids is 1. The molecule has 1 rings (SSSR count). The molecule has 0 aliphatic heterocycles. The van der Waals surface area contributed by atoms with E-state index in [0.717, 1.165) is 0 Å². The van der Waals surface area contributed by atoms with E-state index in [1.165, 1.54) is 12.1 Å². The molecule has 2 N–H and O–H groups in total. The van der Waals surface area contributed by atoms with Crippen molar-refractivity contribution in [3.05, 3.63) is 28.5 Å². The molecule has 0 fully saturated rings. The summed E-state index contributed by atoms with van der Waals surface area (Å²) >= 11 is 3.13. The lowest BCUT2D eigenvalue weighted by Crippen LogP contribution is -2.33. The zero-order valence-corrected chi connectivity index (χ0v) is 11.5. The van der Waals surface area contributed by atoms with Crippen molar-refractivity contribution >= 4 is 21.8 Å². The molecule has 4 nitrogen and oxygen atoms in total. The fourth-order valence-corrected chi connectivity index (χ4v) is 1.47. The van der Waals surface area contributed by atoms with Gasteiger partial charge in [-0.2, -0.15) is 0 Å². The van der Waals surface area contributed by atoms with Crippen LogP contribution in [0.2, 0.25) is 0 Å². The Labute approximate surface area is 113 Å². The average Bonchev–Trinajstić information content (AvgIpc) is 2.34. The highest BCUT2D eigenvalue weighted by molar-refractivity contribution is 9.10. The van der Waals surface area contributed by atoms with Crippen molar-refractivity contribution in [2.45, 2.75) is 6.92 Å². The minimum absolute atomic E-state index is 0.00246. The topological polar surface area (TPSA) is 58.6 Å². The Balaban J connectivity index is 2.38. The molecule has 6 heteroatoms. The Morgan fingerprint density at radius 3 is 2.94 bits per heavy atom. The number of carbonyl (C=O) groups is 1. The van der Waals surface area contributed by atoms with Gasteiger partial charge in [-0.15, -0.1) is 0 Å². The lowest BCUT2D eigenvalue weighted by atomic mass is 10.2. The molecule has 0 bridgehead atoms. The van der Waals surface area contributed by atoms with Crippen molar-refractivity contribution in [1.82, 2.24) is 5.32 Å². The van der Waals surface area contributed by atoms with Gasteiger partial charge in [0.1, 0.15) is 0 Å². The predicted molar refractivity (Wildman–Crippen MR) is 68.9 cm³/mol. The standard InChI is InChI=1S/C12H15BrFNO3/c1-8(6-16)5-15-12(17)7-18-11-3-2-9(13)4-10(11)14/h2-4,8,16H,5-7H2,1H3,(H,15,17). The molecule has 1 aromatic rings. The summed E-state index contributed by atoms with van der Waals surface area (Å²) in [6.45, 7) is 1.91. The van der Waals surface area contributed by atoms with Gasteiger partial charge >= 0.3 is 0 Å². The highest BCUT2D eigenvalue weighted by Crippen LogP contribution is 2.21. The molecule has 18 heavy (non-hydrogen) atoms. The van der Waals surface area contributed by atoms with Gasteiger partial charge in [0, 0.05) is 17.6 Å². The zero-order chi connectivity index (χ0) is 13.5. The van der Waals surface area contributed by atoms with Crippen molar-refractivity contribution in [1.29, 1.82) is 0 Å². The van der Waals surface area contributed by atoms with Crippen LogP contribution in [-0.2, 0) is 4.79 Å². The molecule has 0 aromatic heterocycles. The molecule has 1 aromatic carbocycles. The third-order valence-corrected chi connectivity index (χ3v) is 2.71. The number of nitrogens with one attached hydrogen (secondary N) is 1. The minimum atomic E-state index is -0.527. The van der Waals surface area contributed by atoms with Crippen LogP contribution in [-0.4, -0.2) is 30.8 Å². The predicted octanol–water partition coefficient (Wildman–Crippen LogP) is 1.71. The number of hydrogen-bond donors (Lipinski definition) is 2. The van der Waals surface area contributed by atoms with Gasteiger partial charge < -0.3 is 15.2 Å². The van der Waals surface area contributed by atoms with Gasteiger partial charge in [-0.25, -0.2) is 4.39 Å². The van der Waals surface area contributed by atoms with E-state index in [9.17, 15) is 9.18 Å². The molecular formula is C12H15BrFNO3. The van der Waals surface area contributed by atoms with Crippen molar-refractivity contribution in [3.8, 4) is 5.75 Å². The molecule has 0 aliphatic rings. The first-order valence-electron chi connectivity index (χ1n) is 5.48. The number of amides is 1. The molecule has 1 unspecified atom stereocenters. The first-order valence-corrected chi connectivity index (χ1v) is 6.27. The molecule has 0 aliphatic carbocycles. The maximum Gasteiger partial charge on any atom is 0.257 e. The SMILES string of the molecule is CC(CO)CNC(=O)COc1ccc(Br)cc1F. The van der Waals surface area contributed by atoms with E-state index in [-0.39, 0.29) is 30.8 Å². The van der Waals surface area contributed by atoms with Crippen LogP contribution >= 0.6 is 15.9 Å². The van der Waals surface area contributed by atoms with E-state index in [1.54, 1.807) is 13.0 Å². The quantitative estimate of drug-likeness (QED) is 0.839. The summed E-state index contributed by atoms with van der Waals surface area (Å²) in [6.07, 6.45) is 0. The van der Waals surface area contributed by atoms with Crippen LogP contribution < -0.4 is 10.1 Å². The first-order chi connectivity index (χ1) is 8.52. The second-order valence-corrected chi connectivity index (χ2v) is 4.87. The van der Waals surface area contributed by atoms with E-state index in [4.69, 9.17) is 9.84 Å². The second-order valence-electron chi connectivity index (χ2n) is 3.96. The fourth-order valence-electron chi connectivity index (χ4n) is 1.14. The normalized spacial score (nSPS) is 12.0. The smallest absolute Gasteiger partial charge is 0.257 e. The van der Waals surface area contributed by atoms with Gasteiger partial charge in [-0.3, -0.25) is 4.79 Å². The maximum absolute atomic E-state index is 13.3. The average molecular weight is 320 g/mol. The van der Waals surface area contributed by atoms with Crippen LogP contribution in [0.15, 0.2) is 22.7 Å². The Morgan fingerprint density at radius 2 is 2.33 bits per heavy atom. The molecule has 100 valence electrons. The van der Waals surface area contributed by atoms with Gasteiger partial charge in [0.05, 0.1) is 0 Å². The van der Waals surface area contributed by atoms with Crippen LogP contribution in [0.1, 0.15) is 6.92 Å². The number of rotatable bonds is 6. The first kappa shape index (κ1) is 14.9. The molecule has 0 spiro atoms. The number of halogens is 2. The summed E-state index contributed by atoms with van der Waals surface area (Å²) in [5.74, 6) is -0.861. The number of benzene rings is 1. The van der Waals surface area contributed by atoms with Crippen molar-refractivity contribution in [2.24, 2.45) is 5.92 Å². The van der Waals surface area contributed by atoms with Gasteiger partial charge in [-0.05, 0) is 24.1 Å². The summed E-state index contributed by atoms with van der Waals surface area (Å²) in [5.41, 5.74) is 0. The van der Waals surface area contributed by atoms with Gasteiger partial charge in [0.2, 0.25) is 0 Å². The molecular weight excluding hydrogens is 305 g/mol. The molecule has 1 amide bonds. The van der Waals surface area contributed by atoms with Crippen molar-refractivity contribution < 1.29 is 19.0 Å². The van der Waals surface area contributed by atoms with Crippen LogP contribution in [0.25, 0.3) is 0 Å². The third kappa shape index (κ3) is 5.01. The monoisotopic (exact) mass is 319 g/mol.